The summed E-state index contributed by atoms with van der Waals surface area (Å²) < 4.78 is 11.5. The minimum Gasteiger partial charge on any atom is -0.378 e. The maximum atomic E-state index is 5.97. The van der Waals surface area contributed by atoms with Crippen molar-refractivity contribution >= 4 is 0 Å². The molecule has 0 aromatic heterocycles. The largest absolute Gasteiger partial charge is 0.378 e. The molecule has 1 spiro atoms. The molecule has 17 heavy (non-hydrogen) atoms. The smallest absolute Gasteiger partial charge is 0.0951 e. The number of nitrogens with one attached hydrogen (secondary N) is 1. The van der Waals surface area contributed by atoms with Gasteiger partial charge in [-0.15, -0.1) is 0 Å². The second kappa shape index (κ2) is 6.14. The molecule has 2 unspecified atom stereocenters. The lowest BCUT2D eigenvalue weighted by molar-refractivity contribution is -0.103. The minimum absolute atomic E-state index is 0.0418. The summed E-state index contributed by atoms with van der Waals surface area (Å²) in [6.45, 7) is 4.83. The predicted octanol–water partition coefficient (Wildman–Crippen LogP) is 0.866. The molecule has 0 saturated carbocycles. The van der Waals surface area contributed by atoms with Crippen LogP contribution in [0, 0.1) is 0 Å². The van der Waals surface area contributed by atoms with Gasteiger partial charge in [-0.25, -0.2) is 0 Å². The number of nitrogens with zero attached hydrogens (tertiary/aromatic N) is 1. The first kappa shape index (κ1) is 13.3. The first-order valence-corrected chi connectivity index (χ1v) is 6.82. The van der Waals surface area contributed by atoms with Crippen molar-refractivity contribution in [1.82, 2.24) is 10.2 Å². The molecule has 2 rings (SSSR count). The van der Waals surface area contributed by atoms with Crippen LogP contribution in [0.15, 0.2) is 0 Å². The Kier molecular flexibility index (Phi) is 4.79. The number of rotatable bonds is 5. The third-order valence-corrected chi connectivity index (χ3v) is 4.10. The highest BCUT2D eigenvalue weighted by atomic mass is 16.6. The summed E-state index contributed by atoms with van der Waals surface area (Å²) >= 11 is 0. The van der Waals surface area contributed by atoms with Gasteiger partial charge in [0.2, 0.25) is 0 Å². The number of ether oxygens (including phenoxy) is 2. The first-order valence-electron chi connectivity index (χ1n) is 6.82. The maximum absolute atomic E-state index is 5.97. The van der Waals surface area contributed by atoms with Crippen LogP contribution >= 0.6 is 0 Å². The fourth-order valence-electron chi connectivity index (χ4n) is 2.93. The van der Waals surface area contributed by atoms with Gasteiger partial charge >= 0.3 is 0 Å². The van der Waals surface area contributed by atoms with Crippen molar-refractivity contribution in [2.75, 3.05) is 47.0 Å². The van der Waals surface area contributed by atoms with E-state index in [1.165, 1.54) is 13.0 Å². The zero-order valence-electron chi connectivity index (χ0n) is 11.2. The Morgan fingerprint density at radius 2 is 2.29 bits per heavy atom. The summed E-state index contributed by atoms with van der Waals surface area (Å²) in [5, 5.41) is 3.20. The monoisotopic (exact) mass is 242 g/mol. The van der Waals surface area contributed by atoms with Crippen molar-refractivity contribution in [2.45, 2.75) is 37.3 Å². The molecular weight excluding hydrogens is 216 g/mol. The summed E-state index contributed by atoms with van der Waals surface area (Å²) in [5.74, 6) is 0. The summed E-state index contributed by atoms with van der Waals surface area (Å²) in [6, 6.07) is 0.669. The summed E-state index contributed by atoms with van der Waals surface area (Å²) in [5.41, 5.74) is 0.0418. The molecule has 0 aromatic carbocycles. The Balaban J connectivity index is 1.79. The van der Waals surface area contributed by atoms with Gasteiger partial charge in [-0.1, -0.05) is 0 Å². The molecule has 1 N–H and O–H groups in total. The zero-order chi connectivity index (χ0) is 12.1. The average Bonchev–Trinajstić information content (AvgIpc) is 2.77. The maximum Gasteiger partial charge on any atom is 0.0951 e. The van der Waals surface area contributed by atoms with Crippen LogP contribution < -0.4 is 5.32 Å². The van der Waals surface area contributed by atoms with Crippen molar-refractivity contribution < 1.29 is 9.47 Å². The van der Waals surface area contributed by atoms with Crippen LogP contribution in [-0.4, -0.2) is 63.5 Å². The molecule has 0 amide bonds. The summed E-state index contributed by atoms with van der Waals surface area (Å²) in [4.78, 5) is 2.50. The fourth-order valence-corrected chi connectivity index (χ4v) is 2.93. The van der Waals surface area contributed by atoms with Crippen LogP contribution in [0.5, 0.6) is 0 Å². The van der Waals surface area contributed by atoms with E-state index in [0.717, 1.165) is 45.6 Å². The molecule has 2 fully saturated rings. The molecule has 2 atom stereocenters. The van der Waals surface area contributed by atoms with Gasteiger partial charge in [0.1, 0.15) is 0 Å². The van der Waals surface area contributed by atoms with Crippen molar-refractivity contribution in [2.24, 2.45) is 0 Å². The van der Waals surface area contributed by atoms with Gasteiger partial charge < -0.3 is 19.7 Å². The minimum atomic E-state index is 0.0418. The topological polar surface area (TPSA) is 33.7 Å². The van der Waals surface area contributed by atoms with Crippen LogP contribution in [0.4, 0.5) is 0 Å². The van der Waals surface area contributed by atoms with E-state index in [9.17, 15) is 0 Å². The second-order valence-electron chi connectivity index (χ2n) is 5.42. The molecule has 0 aromatic rings. The van der Waals surface area contributed by atoms with Gasteiger partial charge in [0.15, 0.2) is 0 Å². The number of hydrogen-bond acceptors (Lipinski definition) is 4. The molecule has 2 saturated heterocycles. The first-order chi connectivity index (χ1) is 8.26. The fraction of sp³-hybridized carbons (Fsp3) is 1.00. The van der Waals surface area contributed by atoms with E-state index in [0.29, 0.717) is 6.04 Å². The van der Waals surface area contributed by atoms with E-state index in [1.54, 1.807) is 0 Å². The molecule has 2 aliphatic rings. The molecule has 4 nitrogen and oxygen atoms in total. The van der Waals surface area contributed by atoms with Crippen LogP contribution in [0.3, 0.4) is 0 Å². The highest BCUT2D eigenvalue weighted by Crippen LogP contribution is 2.34. The van der Waals surface area contributed by atoms with Gasteiger partial charge in [-0.3, -0.25) is 0 Å². The van der Waals surface area contributed by atoms with Crippen molar-refractivity contribution in [3.05, 3.63) is 0 Å². The third kappa shape index (κ3) is 3.41. The second-order valence-corrected chi connectivity index (χ2v) is 5.42. The van der Waals surface area contributed by atoms with Crippen molar-refractivity contribution in [3.8, 4) is 0 Å². The van der Waals surface area contributed by atoms with Gasteiger partial charge in [0, 0.05) is 25.7 Å². The van der Waals surface area contributed by atoms with E-state index in [2.05, 4.69) is 17.3 Å². The van der Waals surface area contributed by atoms with Crippen molar-refractivity contribution in [1.29, 1.82) is 0 Å². The Labute approximate surface area is 105 Å². The van der Waals surface area contributed by atoms with Gasteiger partial charge in [-0.2, -0.15) is 0 Å². The quantitative estimate of drug-likeness (QED) is 0.725. The Bertz CT molecular complexity index is 229. The molecule has 2 aliphatic heterocycles. The lowest BCUT2D eigenvalue weighted by atomic mass is 9.89. The highest BCUT2D eigenvalue weighted by molar-refractivity contribution is 4.93. The van der Waals surface area contributed by atoms with Crippen LogP contribution in [0.25, 0.3) is 0 Å². The Morgan fingerprint density at radius 3 is 3.00 bits per heavy atom. The Morgan fingerprint density at radius 1 is 1.41 bits per heavy atom. The van der Waals surface area contributed by atoms with E-state index in [1.807, 2.05) is 7.05 Å². The third-order valence-electron chi connectivity index (χ3n) is 4.10. The molecule has 100 valence electrons. The van der Waals surface area contributed by atoms with E-state index in [4.69, 9.17) is 9.47 Å². The summed E-state index contributed by atoms with van der Waals surface area (Å²) in [6.07, 6.45) is 4.60. The lowest BCUT2D eigenvalue weighted by Gasteiger charge is -2.41. The van der Waals surface area contributed by atoms with Crippen LogP contribution in [0.2, 0.25) is 0 Å². The molecular formula is C13H26N2O2. The zero-order valence-corrected chi connectivity index (χ0v) is 11.2. The summed E-state index contributed by atoms with van der Waals surface area (Å²) in [7, 11) is 4.26. The van der Waals surface area contributed by atoms with Crippen molar-refractivity contribution in [3.63, 3.8) is 0 Å². The SMILES string of the molecule is CNCCCN(C)C1CCOC2(CCOC2)C1. The van der Waals surface area contributed by atoms with E-state index >= 15 is 0 Å². The van der Waals surface area contributed by atoms with Gasteiger partial charge in [0.25, 0.3) is 0 Å². The molecule has 2 heterocycles. The average molecular weight is 242 g/mol. The van der Waals surface area contributed by atoms with Gasteiger partial charge in [0.05, 0.1) is 12.2 Å². The van der Waals surface area contributed by atoms with Crippen LogP contribution in [-0.2, 0) is 9.47 Å². The van der Waals surface area contributed by atoms with Gasteiger partial charge in [-0.05, 0) is 46.4 Å². The lowest BCUT2D eigenvalue weighted by Crippen LogP contribution is -2.48. The normalized spacial score (nSPS) is 33.7. The molecule has 0 bridgehead atoms. The van der Waals surface area contributed by atoms with E-state index in [-0.39, 0.29) is 5.60 Å². The predicted molar refractivity (Wildman–Crippen MR) is 68.3 cm³/mol. The molecule has 0 radical (unpaired) electrons. The highest BCUT2D eigenvalue weighted by Gasteiger charge is 2.41. The van der Waals surface area contributed by atoms with E-state index < -0.39 is 0 Å². The number of hydrogen-bond donors (Lipinski definition) is 1. The van der Waals surface area contributed by atoms with Crippen LogP contribution in [0.1, 0.15) is 25.7 Å². The Hall–Kier alpha value is -0.160. The molecule has 4 heteroatoms. The standard InChI is InChI=1S/C13H26N2O2/c1-14-6-3-7-15(2)12-4-8-17-13(10-12)5-9-16-11-13/h12,14H,3-11H2,1-2H3. The molecule has 0 aliphatic carbocycles.